The van der Waals surface area contributed by atoms with Gasteiger partial charge in [0.25, 0.3) is 5.69 Å². The zero-order valence-electron chi connectivity index (χ0n) is 10.3. The summed E-state index contributed by atoms with van der Waals surface area (Å²) in [5.41, 5.74) is 2.34. The molecule has 0 spiro atoms. The predicted octanol–water partition coefficient (Wildman–Crippen LogP) is 3.56. The van der Waals surface area contributed by atoms with E-state index >= 15 is 0 Å². The smallest absolute Gasteiger partial charge is 0.288 e. The van der Waals surface area contributed by atoms with Crippen molar-refractivity contribution in [1.82, 2.24) is 4.98 Å². The van der Waals surface area contributed by atoms with E-state index in [1.807, 2.05) is 18.2 Å². The van der Waals surface area contributed by atoms with Gasteiger partial charge in [0, 0.05) is 18.0 Å². The highest BCUT2D eigenvalue weighted by Gasteiger charge is 2.14. The molecule has 19 heavy (non-hydrogen) atoms. The van der Waals surface area contributed by atoms with E-state index in [2.05, 4.69) is 10.3 Å². The number of nitro benzene ring substituents is 1. The van der Waals surface area contributed by atoms with Gasteiger partial charge in [-0.1, -0.05) is 17.7 Å². The number of halogens is 1. The maximum absolute atomic E-state index is 10.8. The van der Waals surface area contributed by atoms with Crippen LogP contribution in [0.4, 0.5) is 11.4 Å². The summed E-state index contributed by atoms with van der Waals surface area (Å²) < 4.78 is 0. The third-order valence-electron chi connectivity index (χ3n) is 2.68. The molecule has 0 aliphatic rings. The lowest BCUT2D eigenvalue weighted by Gasteiger charge is -2.09. The van der Waals surface area contributed by atoms with Gasteiger partial charge >= 0.3 is 0 Å². The van der Waals surface area contributed by atoms with Crippen LogP contribution in [0, 0.1) is 17.0 Å². The van der Waals surface area contributed by atoms with E-state index in [4.69, 9.17) is 11.6 Å². The topological polar surface area (TPSA) is 68.1 Å². The van der Waals surface area contributed by atoms with Gasteiger partial charge < -0.3 is 5.32 Å². The molecule has 5 nitrogen and oxygen atoms in total. The lowest BCUT2D eigenvalue weighted by atomic mass is 10.1. The van der Waals surface area contributed by atoms with Crippen LogP contribution in [0.3, 0.4) is 0 Å². The Morgan fingerprint density at radius 3 is 2.84 bits per heavy atom. The van der Waals surface area contributed by atoms with Gasteiger partial charge in [-0.05, 0) is 30.7 Å². The van der Waals surface area contributed by atoms with Crippen LogP contribution in [0.25, 0.3) is 0 Å². The first-order valence-corrected chi connectivity index (χ1v) is 6.04. The lowest BCUT2D eigenvalue weighted by Crippen LogP contribution is -2.03. The molecule has 0 unspecified atom stereocenters. The van der Waals surface area contributed by atoms with Crippen LogP contribution < -0.4 is 5.32 Å². The quantitative estimate of drug-likeness (QED) is 0.685. The highest BCUT2D eigenvalue weighted by Crippen LogP contribution is 2.30. The summed E-state index contributed by atoms with van der Waals surface area (Å²) in [5, 5.41) is 14.0. The number of pyridine rings is 1. The highest BCUT2D eigenvalue weighted by atomic mass is 35.5. The predicted molar refractivity (Wildman–Crippen MR) is 74.4 cm³/mol. The van der Waals surface area contributed by atoms with Gasteiger partial charge in [-0.3, -0.25) is 15.1 Å². The van der Waals surface area contributed by atoms with Gasteiger partial charge in [0.15, 0.2) is 0 Å². The first-order valence-electron chi connectivity index (χ1n) is 5.66. The summed E-state index contributed by atoms with van der Waals surface area (Å²) in [7, 11) is 0. The fourth-order valence-corrected chi connectivity index (χ4v) is 1.92. The monoisotopic (exact) mass is 277 g/mol. The zero-order chi connectivity index (χ0) is 13.8. The average Bonchev–Trinajstić information content (AvgIpc) is 2.40. The molecule has 0 radical (unpaired) electrons. The van der Waals surface area contributed by atoms with Gasteiger partial charge in [-0.2, -0.15) is 0 Å². The molecule has 1 N–H and O–H groups in total. The molecule has 0 saturated heterocycles. The summed E-state index contributed by atoms with van der Waals surface area (Å²) in [6, 6.07) is 8.67. The molecule has 2 rings (SSSR count). The number of nitro groups is 1. The van der Waals surface area contributed by atoms with E-state index in [1.54, 1.807) is 19.2 Å². The maximum atomic E-state index is 10.8. The number of aryl methyl sites for hydroxylation is 1. The van der Waals surface area contributed by atoms with E-state index < -0.39 is 4.92 Å². The normalized spacial score (nSPS) is 10.2. The maximum Gasteiger partial charge on any atom is 0.288 e. The highest BCUT2D eigenvalue weighted by molar-refractivity contribution is 6.33. The average molecular weight is 278 g/mol. The first kappa shape index (κ1) is 13.3. The molecule has 1 aromatic carbocycles. The van der Waals surface area contributed by atoms with Crippen molar-refractivity contribution >= 4 is 23.0 Å². The molecular weight excluding hydrogens is 266 g/mol. The van der Waals surface area contributed by atoms with Gasteiger partial charge in [-0.25, -0.2) is 0 Å². The van der Waals surface area contributed by atoms with Crippen molar-refractivity contribution in [3.8, 4) is 0 Å². The molecule has 0 bridgehead atoms. The Morgan fingerprint density at radius 1 is 1.42 bits per heavy atom. The zero-order valence-corrected chi connectivity index (χ0v) is 11.0. The molecule has 1 heterocycles. The van der Waals surface area contributed by atoms with Crippen LogP contribution in [-0.4, -0.2) is 9.91 Å². The fraction of sp³-hybridized carbons (Fsp3) is 0.154. The summed E-state index contributed by atoms with van der Waals surface area (Å²) in [6.45, 7) is 2.33. The molecule has 0 aliphatic heterocycles. The SMILES string of the molecule is Cc1cc([N+](=O)[O-])c(Cl)cc1NCc1ccccn1. The Kier molecular flexibility index (Phi) is 3.97. The minimum atomic E-state index is -0.488. The molecular formula is C13H12ClN3O2. The lowest BCUT2D eigenvalue weighted by molar-refractivity contribution is -0.384. The van der Waals surface area contributed by atoms with Gasteiger partial charge in [0.1, 0.15) is 5.02 Å². The molecule has 98 valence electrons. The molecule has 0 amide bonds. The molecule has 6 heteroatoms. The van der Waals surface area contributed by atoms with E-state index in [1.165, 1.54) is 6.07 Å². The van der Waals surface area contributed by atoms with Gasteiger partial charge in [-0.15, -0.1) is 0 Å². The van der Waals surface area contributed by atoms with Crippen molar-refractivity contribution in [2.24, 2.45) is 0 Å². The Labute approximate surface area is 115 Å². The van der Waals surface area contributed by atoms with Crippen molar-refractivity contribution < 1.29 is 4.92 Å². The van der Waals surface area contributed by atoms with Crippen molar-refractivity contribution in [2.75, 3.05) is 5.32 Å². The van der Waals surface area contributed by atoms with Crippen molar-refractivity contribution in [3.05, 3.63) is 62.9 Å². The number of aromatic nitrogens is 1. The fourth-order valence-electron chi connectivity index (χ4n) is 1.69. The van der Waals surface area contributed by atoms with Gasteiger partial charge in [0.05, 0.1) is 17.2 Å². The van der Waals surface area contributed by atoms with Gasteiger partial charge in [0.2, 0.25) is 0 Å². The minimum absolute atomic E-state index is 0.0810. The second-order valence-corrected chi connectivity index (χ2v) is 4.46. The second kappa shape index (κ2) is 5.67. The van der Waals surface area contributed by atoms with Crippen LogP contribution in [0.15, 0.2) is 36.5 Å². The third-order valence-corrected chi connectivity index (χ3v) is 2.98. The van der Waals surface area contributed by atoms with Crippen LogP contribution >= 0.6 is 11.6 Å². The number of rotatable bonds is 4. The summed E-state index contributed by atoms with van der Waals surface area (Å²) in [5.74, 6) is 0. The molecule has 0 fully saturated rings. The molecule has 2 aromatic rings. The Hall–Kier alpha value is -2.14. The number of nitrogens with one attached hydrogen (secondary N) is 1. The molecule has 0 aliphatic carbocycles. The summed E-state index contributed by atoms with van der Waals surface area (Å²) in [6.07, 6.45) is 1.71. The Morgan fingerprint density at radius 2 is 2.21 bits per heavy atom. The number of nitrogens with zero attached hydrogens (tertiary/aromatic N) is 2. The van der Waals surface area contributed by atoms with Crippen molar-refractivity contribution in [1.29, 1.82) is 0 Å². The van der Waals surface area contributed by atoms with Crippen LogP contribution in [0.1, 0.15) is 11.3 Å². The van der Waals surface area contributed by atoms with Crippen LogP contribution in [0.5, 0.6) is 0 Å². The second-order valence-electron chi connectivity index (χ2n) is 4.05. The first-order chi connectivity index (χ1) is 9.08. The number of hydrogen-bond donors (Lipinski definition) is 1. The molecule has 0 saturated carbocycles. The van der Waals surface area contributed by atoms with E-state index in [0.29, 0.717) is 6.54 Å². The number of benzene rings is 1. The third kappa shape index (κ3) is 3.20. The standard InChI is InChI=1S/C13H12ClN3O2/c1-9-6-13(17(18)19)11(14)7-12(9)16-8-10-4-2-3-5-15-10/h2-7,16H,8H2,1H3. The number of hydrogen-bond acceptors (Lipinski definition) is 4. The number of anilines is 1. The Bertz CT molecular complexity index is 602. The summed E-state index contributed by atoms with van der Waals surface area (Å²) >= 11 is 5.88. The minimum Gasteiger partial charge on any atom is -0.379 e. The van der Waals surface area contributed by atoms with E-state index in [-0.39, 0.29) is 10.7 Å². The van der Waals surface area contributed by atoms with Crippen molar-refractivity contribution in [2.45, 2.75) is 13.5 Å². The van der Waals surface area contributed by atoms with E-state index in [9.17, 15) is 10.1 Å². The molecule has 0 atom stereocenters. The van der Waals surface area contributed by atoms with Crippen molar-refractivity contribution in [3.63, 3.8) is 0 Å². The van der Waals surface area contributed by atoms with E-state index in [0.717, 1.165) is 16.9 Å². The van der Waals surface area contributed by atoms with Crippen LogP contribution in [0.2, 0.25) is 5.02 Å². The largest absolute Gasteiger partial charge is 0.379 e. The Balaban J connectivity index is 2.17. The summed E-state index contributed by atoms with van der Waals surface area (Å²) in [4.78, 5) is 14.5. The van der Waals surface area contributed by atoms with Crippen LogP contribution in [-0.2, 0) is 6.54 Å². The molecule has 1 aromatic heterocycles.